The van der Waals surface area contributed by atoms with Crippen molar-refractivity contribution in [3.8, 4) is 11.5 Å². The smallest absolute Gasteiger partial charge is 0.352 e. The first-order valence-corrected chi connectivity index (χ1v) is 15.0. The second-order valence-corrected chi connectivity index (χ2v) is 12.8. The Morgan fingerprint density at radius 2 is 1.70 bits per heavy atom. The Hall–Kier alpha value is -5.20. The number of nitrogens with zero attached hydrogens (tertiary/aromatic N) is 4. The Bertz CT molecular complexity index is 1570. The molecule has 3 N–H and O–H groups in total. The lowest BCUT2D eigenvalue weighted by Crippen LogP contribution is -2.80. The summed E-state index contributed by atoms with van der Waals surface area (Å²) in [7, 11) is 0. The van der Waals surface area contributed by atoms with Gasteiger partial charge in [-0.2, -0.15) is 0 Å². The SMILES string of the molecule is CCN1CCN(N(C=O)C(C(=O)N[C@@]2(C(=O)O)N3C(=O)[C@H](NC=O)[C@H]3SC2(C)C)c2ccc(OC(C)=O)c(OC(C)=O)c2)C(=O)C1=O. The Labute approximate surface area is 271 Å². The number of hydrogen-bond donors (Lipinski definition) is 3. The molecule has 0 aliphatic carbocycles. The number of thioether (sulfide) groups is 1. The van der Waals surface area contributed by atoms with Gasteiger partial charge < -0.3 is 30.1 Å². The number of likely N-dealkylation sites (N-methyl/N-ethyl adjacent to an activating group) is 1. The van der Waals surface area contributed by atoms with Gasteiger partial charge in [0.1, 0.15) is 11.4 Å². The van der Waals surface area contributed by atoms with Crippen LogP contribution >= 0.6 is 11.8 Å². The topological polar surface area (TPSA) is 229 Å². The van der Waals surface area contributed by atoms with Gasteiger partial charge in [-0.05, 0) is 38.5 Å². The molecule has 252 valence electrons. The Morgan fingerprint density at radius 1 is 1.06 bits per heavy atom. The molecule has 3 aliphatic heterocycles. The third kappa shape index (κ3) is 5.81. The molecule has 19 heteroatoms. The molecule has 0 bridgehead atoms. The molecule has 4 atom stereocenters. The number of carbonyl (C=O) groups is 9. The Kier molecular flexibility index (Phi) is 9.51. The molecule has 3 saturated heterocycles. The number of carboxylic acids is 1. The van der Waals surface area contributed by atoms with Gasteiger partial charge in [-0.1, -0.05) is 6.07 Å². The lowest BCUT2D eigenvalue weighted by molar-refractivity contribution is -0.181. The van der Waals surface area contributed by atoms with E-state index in [-0.39, 0.29) is 43.1 Å². The highest BCUT2D eigenvalue weighted by atomic mass is 32.2. The number of hydrogen-bond acceptors (Lipinski definition) is 12. The molecule has 1 aromatic rings. The lowest BCUT2D eigenvalue weighted by Gasteiger charge is -2.50. The molecule has 4 rings (SSSR count). The summed E-state index contributed by atoms with van der Waals surface area (Å²) >= 11 is 1.00. The first kappa shape index (κ1) is 34.7. The van der Waals surface area contributed by atoms with E-state index < -0.39 is 69.4 Å². The van der Waals surface area contributed by atoms with Crippen LogP contribution in [0.1, 0.15) is 46.2 Å². The number of carboxylic acid groups (broad SMARTS) is 1. The predicted molar refractivity (Wildman–Crippen MR) is 157 cm³/mol. The molecule has 1 unspecified atom stereocenters. The van der Waals surface area contributed by atoms with Gasteiger partial charge in [-0.25, -0.2) is 14.8 Å². The summed E-state index contributed by atoms with van der Waals surface area (Å²) < 4.78 is 8.82. The maximum Gasteiger partial charge on any atom is 0.352 e. The number of rotatable bonds is 12. The van der Waals surface area contributed by atoms with Crippen molar-refractivity contribution in [1.82, 2.24) is 30.5 Å². The largest absolute Gasteiger partial charge is 0.478 e. The third-order valence-corrected chi connectivity index (χ3v) is 9.52. The number of amides is 6. The zero-order chi connectivity index (χ0) is 35.0. The van der Waals surface area contributed by atoms with E-state index in [2.05, 4.69) is 10.6 Å². The molecule has 0 aromatic heterocycles. The van der Waals surface area contributed by atoms with Crippen LogP contribution < -0.4 is 20.1 Å². The van der Waals surface area contributed by atoms with E-state index >= 15 is 0 Å². The number of esters is 2. The number of fused-ring (bicyclic) bond motifs is 1. The molecule has 0 spiro atoms. The summed E-state index contributed by atoms with van der Waals surface area (Å²) in [6, 6.07) is 0.418. The Morgan fingerprint density at radius 3 is 2.26 bits per heavy atom. The van der Waals surface area contributed by atoms with Crippen molar-refractivity contribution in [1.29, 1.82) is 0 Å². The zero-order valence-electron chi connectivity index (χ0n) is 25.9. The number of hydrazine groups is 1. The molecule has 3 fully saturated rings. The summed E-state index contributed by atoms with van der Waals surface area (Å²) in [6.45, 7) is 6.63. The molecule has 0 saturated carbocycles. The van der Waals surface area contributed by atoms with E-state index in [9.17, 15) is 48.3 Å². The van der Waals surface area contributed by atoms with Gasteiger partial charge in [0.05, 0.1) is 11.3 Å². The molecule has 3 heterocycles. The highest BCUT2D eigenvalue weighted by molar-refractivity contribution is 8.01. The van der Waals surface area contributed by atoms with Gasteiger partial charge in [-0.3, -0.25) is 43.3 Å². The number of nitrogens with one attached hydrogen (secondary N) is 2. The second-order valence-electron chi connectivity index (χ2n) is 11.1. The minimum atomic E-state index is -2.44. The van der Waals surface area contributed by atoms with Gasteiger partial charge in [0.25, 0.3) is 11.8 Å². The van der Waals surface area contributed by atoms with Gasteiger partial charge in [-0.15, -0.1) is 11.8 Å². The van der Waals surface area contributed by atoms with Crippen molar-refractivity contribution in [3.05, 3.63) is 23.8 Å². The molecule has 47 heavy (non-hydrogen) atoms. The number of benzene rings is 1. The summed E-state index contributed by atoms with van der Waals surface area (Å²) in [5.41, 5.74) is -2.61. The van der Waals surface area contributed by atoms with Gasteiger partial charge in [0.2, 0.25) is 18.5 Å². The quantitative estimate of drug-likeness (QED) is 0.0742. The van der Waals surface area contributed by atoms with E-state index in [1.807, 2.05) is 0 Å². The normalized spacial score (nSPS) is 23.6. The molecule has 0 radical (unpaired) electrons. The van der Waals surface area contributed by atoms with Crippen molar-refractivity contribution in [2.24, 2.45) is 0 Å². The second kappa shape index (κ2) is 12.9. The van der Waals surface area contributed by atoms with E-state index in [1.165, 1.54) is 24.8 Å². The summed E-state index contributed by atoms with van der Waals surface area (Å²) in [5.74, 6) is -8.03. The van der Waals surface area contributed by atoms with Gasteiger partial charge in [0.15, 0.2) is 17.5 Å². The van der Waals surface area contributed by atoms with Crippen LogP contribution in [-0.2, 0) is 43.2 Å². The minimum absolute atomic E-state index is 0.0122. The number of β-lactam (4-membered cyclic amide) rings is 1. The number of carbonyl (C=O) groups excluding carboxylic acids is 8. The van der Waals surface area contributed by atoms with Crippen LogP contribution in [0.25, 0.3) is 0 Å². The maximum absolute atomic E-state index is 14.4. The van der Waals surface area contributed by atoms with E-state index in [0.29, 0.717) is 11.4 Å². The lowest BCUT2D eigenvalue weighted by atomic mass is 9.88. The summed E-state index contributed by atoms with van der Waals surface area (Å²) in [6.07, 6.45) is 0.383. The predicted octanol–water partition coefficient (Wildman–Crippen LogP) is -1.65. The maximum atomic E-state index is 14.4. The van der Waals surface area contributed by atoms with E-state index in [1.54, 1.807) is 6.92 Å². The Balaban J connectivity index is 1.86. The van der Waals surface area contributed by atoms with Crippen molar-refractivity contribution in [3.63, 3.8) is 0 Å². The molecule has 6 amide bonds. The fourth-order valence-corrected chi connectivity index (χ4v) is 7.46. The zero-order valence-corrected chi connectivity index (χ0v) is 26.7. The molecule has 18 nitrogen and oxygen atoms in total. The molecular formula is C28H32N6O12S. The van der Waals surface area contributed by atoms with Crippen LogP contribution in [0.2, 0.25) is 0 Å². The van der Waals surface area contributed by atoms with Crippen molar-refractivity contribution in [2.45, 2.75) is 62.5 Å². The van der Waals surface area contributed by atoms with Crippen molar-refractivity contribution in [2.75, 3.05) is 19.6 Å². The van der Waals surface area contributed by atoms with Crippen LogP contribution in [0.5, 0.6) is 11.5 Å². The summed E-state index contributed by atoms with van der Waals surface area (Å²) in [4.78, 5) is 116. The average molecular weight is 677 g/mol. The minimum Gasteiger partial charge on any atom is -0.478 e. The van der Waals surface area contributed by atoms with E-state index in [4.69, 9.17) is 9.47 Å². The van der Waals surface area contributed by atoms with Crippen LogP contribution in [0, 0.1) is 0 Å². The fourth-order valence-electron chi connectivity index (χ4n) is 5.75. The molecule has 1 aromatic carbocycles. The number of piperazine rings is 1. The van der Waals surface area contributed by atoms with Crippen molar-refractivity contribution < 1.29 is 57.7 Å². The van der Waals surface area contributed by atoms with Crippen molar-refractivity contribution >= 4 is 66.1 Å². The first-order chi connectivity index (χ1) is 22.1. The number of ether oxygens (including phenoxy) is 2. The fraction of sp³-hybridized carbons (Fsp3) is 0.464. The van der Waals surface area contributed by atoms with Gasteiger partial charge >= 0.3 is 29.7 Å². The number of aliphatic carboxylic acids is 1. The van der Waals surface area contributed by atoms with Crippen LogP contribution in [0.4, 0.5) is 0 Å². The van der Waals surface area contributed by atoms with Crippen LogP contribution in [0.15, 0.2) is 18.2 Å². The molecular weight excluding hydrogens is 644 g/mol. The first-order valence-electron chi connectivity index (χ1n) is 14.2. The third-order valence-electron chi connectivity index (χ3n) is 7.91. The van der Waals surface area contributed by atoms with E-state index in [0.717, 1.165) is 47.7 Å². The van der Waals surface area contributed by atoms with Gasteiger partial charge in [0, 0.05) is 26.9 Å². The van der Waals surface area contributed by atoms with Crippen LogP contribution in [-0.4, -0.2) is 121 Å². The highest BCUT2D eigenvalue weighted by Gasteiger charge is 2.74. The highest BCUT2D eigenvalue weighted by Crippen LogP contribution is 2.56. The average Bonchev–Trinajstić information content (AvgIpc) is 3.20. The summed E-state index contributed by atoms with van der Waals surface area (Å²) in [5, 5.41) is 15.8. The monoisotopic (exact) mass is 676 g/mol. The molecule has 3 aliphatic rings. The standard InChI is InChI=1S/C28H32N6O12S/c1-6-31-9-10-32(24(42)23(31)41)33(13-36)20(16-7-8-17(45-14(2)37)18(11-16)46-15(3)38)21(39)30-28(26(43)44)27(4,5)47-25-19(29-12-35)22(40)34(25)28/h7-8,11-13,19-20,25H,6,9-10H2,1-5H3,(H,29,35)(H,30,39)(H,43,44)/t19-,20?,25+,28-/m0/s1. The van der Waals surface area contributed by atoms with Crippen LogP contribution in [0.3, 0.4) is 0 Å².